The van der Waals surface area contributed by atoms with Crippen molar-refractivity contribution in [2.75, 3.05) is 32.4 Å². The maximum absolute atomic E-state index is 12.4. The van der Waals surface area contributed by atoms with Gasteiger partial charge in [0.25, 0.3) is 0 Å². The summed E-state index contributed by atoms with van der Waals surface area (Å²) in [5, 5.41) is 12.2. The predicted octanol–water partition coefficient (Wildman–Crippen LogP) is -0.248. The number of hydrogen-bond donors (Lipinski definition) is 0. The van der Waals surface area contributed by atoms with E-state index >= 15 is 0 Å². The molecule has 0 N–H and O–H groups in total. The molecular formula is C15H20N6O3S. The molecule has 1 amide bonds. The first kappa shape index (κ1) is 17.5. The number of aromatic nitrogens is 4. The molecule has 0 radical (unpaired) electrons. The lowest BCUT2D eigenvalue weighted by atomic mass is 10.1. The Morgan fingerprint density at radius 2 is 1.84 bits per heavy atom. The lowest BCUT2D eigenvalue weighted by Crippen LogP contribution is -2.51. The number of benzene rings is 1. The molecule has 9 nitrogen and oxygen atoms in total. The van der Waals surface area contributed by atoms with Crippen LogP contribution in [0.4, 0.5) is 0 Å². The van der Waals surface area contributed by atoms with Crippen molar-refractivity contribution in [3.63, 3.8) is 0 Å². The molecule has 1 fully saturated rings. The van der Waals surface area contributed by atoms with Crippen LogP contribution in [0.1, 0.15) is 5.56 Å². The minimum absolute atomic E-state index is 0.0161. The van der Waals surface area contributed by atoms with Crippen LogP contribution in [0.2, 0.25) is 0 Å². The number of sulfonamides is 1. The van der Waals surface area contributed by atoms with Gasteiger partial charge in [0.2, 0.25) is 21.8 Å². The Labute approximate surface area is 146 Å². The van der Waals surface area contributed by atoms with Gasteiger partial charge in [0.15, 0.2) is 0 Å². The number of hydrogen-bond acceptors (Lipinski definition) is 6. The third-order valence-electron chi connectivity index (χ3n) is 4.18. The van der Waals surface area contributed by atoms with Crippen molar-refractivity contribution in [2.45, 2.75) is 13.5 Å². The standard InChI is InChI=1S/C15H20N6O3S/c1-12-5-3-4-6-13(12)15-16-18-21(17-15)11-14(22)19-7-9-20(10-8-19)25(2,23)24/h3-6H,7-11H2,1-2H3. The molecule has 0 unspecified atom stereocenters. The molecule has 1 aliphatic rings. The van der Waals surface area contributed by atoms with Crippen LogP contribution in [-0.2, 0) is 21.4 Å². The van der Waals surface area contributed by atoms with Gasteiger partial charge in [0, 0.05) is 31.7 Å². The summed E-state index contributed by atoms with van der Waals surface area (Å²) < 4.78 is 24.4. The molecule has 2 heterocycles. The highest BCUT2D eigenvalue weighted by Gasteiger charge is 2.26. The first-order valence-corrected chi connectivity index (χ1v) is 9.76. The molecule has 0 aliphatic carbocycles. The molecule has 1 aromatic heterocycles. The minimum atomic E-state index is -3.21. The van der Waals surface area contributed by atoms with E-state index in [9.17, 15) is 13.2 Å². The van der Waals surface area contributed by atoms with Crippen molar-refractivity contribution in [1.29, 1.82) is 0 Å². The Morgan fingerprint density at radius 1 is 1.16 bits per heavy atom. The average molecular weight is 364 g/mol. The van der Waals surface area contributed by atoms with Crippen LogP contribution in [0.25, 0.3) is 11.4 Å². The number of aryl methyl sites for hydroxylation is 1. The fraction of sp³-hybridized carbons (Fsp3) is 0.467. The summed E-state index contributed by atoms with van der Waals surface area (Å²) in [5.74, 6) is 0.328. The summed E-state index contributed by atoms with van der Waals surface area (Å²) in [6.07, 6.45) is 1.18. The monoisotopic (exact) mass is 364 g/mol. The van der Waals surface area contributed by atoms with Crippen molar-refractivity contribution in [3.05, 3.63) is 29.8 Å². The van der Waals surface area contributed by atoms with E-state index in [4.69, 9.17) is 0 Å². The molecule has 0 spiro atoms. The van der Waals surface area contributed by atoms with Gasteiger partial charge < -0.3 is 4.90 Å². The van der Waals surface area contributed by atoms with E-state index in [1.54, 1.807) is 4.90 Å². The molecule has 0 saturated carbocycles. The number of carbonyl (C=O) groups excluding carboxylic acids is 1. The van der Waals surface area contributed by atoms with Crippen LogP contribution >= 0.6 is 0 Å². The lowest BCUT2D eigenvalue weighted by molar-refractivity contribution is -0.133. The second-order valence-corrected chi connectivity index (χ2v) is 7.98. The summed E-state index contributed by atoms with van der Waals surface area (Å²) in [6, 6.07) is 7.70. The molecule has 0 bridgehead atoms. The number of piperazine rings is 1. The van der Waals surface area contributed by atoms with E-state index in [1.165, 1.54) is 15.4 Å². The largest absolute Gasteiger partial charge is 0.338 e. The molecule has 0 atom stereocenters. The first-order chi connectivity index (χ1) is 11.8. The third-order valence-corrected chi connectivity index (χ3v) is 5.48. The van der Waals surface area contributed by atoms with Crippen LogP contribution in [0.3, 0.4) is 0 Å². The number of rotatable bonds is 4. The van der Waals surface area contributed by atoms with Crippen molar-refractivity contribution < 1.29 is 13.2 Å². The zero-order valence-corrected chi connectivity index (χ0v) is 15.0. The van der Waals surface area contributed by atoms with Gasteiger partial charge in [-0.05, 0) is 17.7 Å². The van der Waals surface area contributed by atoms with E-state index in [1.807, 2.05) is 31.2 Å². The Kier molecular flexibility index (Phi) is 4.82. The Bertz CT molecular complexity index is 871. The van der Waals surface area contributed by atoms with Gasteiger partial charge in [-0.1, -0.05) is 24.3 Å². The normalized spacial score (nSPS) is 16.2. The molecule has 2 aromatic rings. The summed E-state index contributed by atoms with van der Waals surface area (Å²) >= 11 is 0. The van der Waals surface area contributed by atoms with Gasteiger partial charge in [-0.3, -0.25) is 4.79 Å². The van der Waals surface area contributed by atoms with Gasteiger partial charge in [0.1, 0.15) is 6.54 Å². The van der Waals surface area contributed by atoms with Gasteiger partial charge >= 0.3 is 0 Å². The number of tetrazole rings is 1. The molecule has 134 valence electrons. The fourth-order valence-corrected chi connectivity index (χ4v) is 3.56. The highest BCUT2D eigenvalue weighted by atomic mass is 32.2. The third kappa shape index (κ3) is 4.02. The quantitative estimate of drug-likeness (QED) is 0.742. The zero-order chi connectivity index (χ0) is 18.0. The average Bonchev–Trinajstić information content (AvgIpc) is 3.03. The number of amides is 1. The Morgan fingerprint density at radius 3 is 2.48 bits per heavy atom. The van der Waals surface area contributed by atoms with Gasteiger partial charge in [-0.15, -0.1) is 10.2 Å². The minimum Gasteiger partial charge on any atom is -0.338 e. The number of nitrogens with zero attached hydrogens (tertiary/aromatic N) is 6. The van der Waals surface area contributed by atoms with E-state index < -0.39 is 10.0 Å². The van der Waals surface area contributed by atoms with E-state index in [2.05, 4.69) is 15.4 Å². The first-order valence-electron chi connectivity index (χ1n) is 7.91. The second kappa shape index (κ2) is 6.89. The molecule has 3 rings (SSSR count). The van der Waals surface area contributed by atoms with Gasteiger partial charge in [0.05, 0.1) is 6.26 Å². The summed E-state index contributed by atoms with van der Waals surface area (Å²) in [4.78, 5) is 15.3. The van der Waals surface area contributed by atoms with E-state index in [-0.39, 0.29) is 12.5 Å². The molecule has 1 aromatic carbocycles. The Balaban J connectivity index is 1.62. The predicted molar refractivity (Wildman–Crippen MR) is 91.0 cm³/mol. The summed E-state index contributed by atoms with van der Waals surface area (Å²) in [6.45, 7) is 3.30. The topological polar surface area (TPSA) is 101 Å². The molecule has 10 heteroatoms. The number of carbonyl (C=O) groups is 1. The van der Waals surface area contributed by atoms with Crippen molar-refractivity contribution >= 4 is 15.9 Å². The smallest absolute Gasteiger partial charge is 0.246 e. The van der Waals surface area contributed by atoms with Crippen LogP contribution in [0.15, 0.2) is 24.3 Å². The summed E-state index contributed by atoms with van der Waals surface area (Å²) in [7, 11) is -3.21. The van der Waals surface area contributed by atoms with Crippen LogP contribution in [0, 0.1) is 6.92 Å². The SMILES string of the molecule is Cc1ccccc1-c1nnn(CC(=O)N2CCN(S(C)(=O)=O)CC2)n1. The van der Waals surface area contributed by atoms with Crippen LogP contribution < -0.4 is 0 Å². The molecule has 1 aliphatic heterocycles. The highest BCUT2D eigenvalue weighted by Crippen LogP contribution is 2.17. The van der Waals surface area contributed by atoms with Crippen molar-refractivity contribution in [3.8, 4) is 11.4 Å². The van der Waals surface area contributed by atoms with E-state index in [0.717, 1.165) is 11.1 Å². The molecular weight excluding hydrogens is 344 g/mol. The lowest BCUT2D eigenvalue weighted by Gasteiger charge is -2.33. The van der Waals surface area contributed by atoms with Crippen LogP contribution in [-0.4, -0.2) is 76.2 Å². The van der Waals surface area contributed by atoms with Gasteiger partial charge in [-0.2, -0.15) is 9.10 Å². The molecule has 1 saturated heterocycles. The van der Waals surface area contributed by atoms with Gasteiger partial charge in [-0.25, -0.2) is 8.42 Å². The summed E-state index contributed by atoms with van der Waals surface area (Å²) in [5.41, 5.74) is 1.91. The van der Waals surface area contributed by atoms with E-state index in [0.29, 0.717) is 32.0 Å². The van der Waals surface area contributed by atoms with Crippen molar-refractivity contribution in [1.82, 2.24) is 29.4 Å². The Hall–Kier alpha value is -2.33. The highest BCUT2D eigenvalue weighted by molar-refractivity contribution is 7.88. The second-order valence-electron chi connectivity index (χ2n) is 6.00. The van der Waals surface area contributed by atoms with Crippen LogP contribution in [0.5, 0.6) is 0 Å². The maximum Gasteiger partial charge on any atom is 0.246 e. The van der Waals surface area contributed by atoms with Crippen molar-refractivity contribution in [2.24, 2.45) is 0 Å². The molecule has 25 heavy (non-hydrogen) atoms. The maximum atomic E-state index is 12.4. The zero-order valence-electron chi connectivity index (χ0n) is 14.2. The fourth-order valence-electron chi connectivity index (χ4n) is 2.73.